The van der Waals surface area contributed by atoms with E-state index in [9.17, 15) is 14.4 Å². The van der Waals surface area contributed by atoms with E-state index in [1.165, 1.54) is 30.7 Å². The lowest BCUT2D eigenvalue weighted by atomic mass is 10.2. The Hall–Kier alpha value is -4.92. The molecule has 0 saturated heterocycles. The highest BCUT2D eigenvalue weighted by Gasteiger charge is 2.04. The SMILES string of the molecule is COc1ccccc1/C=C/C(=O)NCC(=O)N/N=C\c1ccc(OC(=O)/C=C/c2ccco2)cc1. The van der Waals surface area contributed by atoms with Gasteiger partial charge in [0.05, 0.1) is 26.1 Å². The van der Waals surface area contributed by atoms with Crippen LogP contribution >= 0.6 is 0 Å². The molecule has 3 aromatic rings. The van der Waals surface area contributed by atoms with Crippen molar-refractivity contribution >= 4 is 36.2 Å². The number of hydrazone groups is 1. The molecule has 0 fully saturated rings. The molecule has 0 atom stereocenters. The highest BCUT2D eigenvalue weighted by molar-refractivity contribution is 5.94. The van der Waals surface area contributed by atoms with Crippen molar-refractivity contribution in [2.75, 3.05) is 13.7 Å². The first-order chi connectivity index (χ1) is 17.0. The monoisotopic (exact) mass is 473 g/mol. The van der Waals surface area contributed by atoms with E-state index in [0.717, 1.165) is 5.56 Å². The fourth-order valence-electron chi connectivity index (χ4n) is 2.72. The maximum Gasteiger partial charge on any atom is 0.336 e. The van der Waals surface area contributed by atoms with E-state index in [2.05, 4.69) is 15.8 Å². The number of carbonyl (C=O) groups excluding carboxylic acids is 3. The van der Waals surface area contributed by atoms with Crippen molar-refractivity contribution < 1.29 is 28.3 Å². The summed E-state index contributed by atoms with van der Waals surface area (Å²) in [4.78, 5) is 35.6. The van der Waals surface area contributed by atoms with E-state index in [1.54, 1.807) is 61.7 Å². The molecule has 9 heteroatoms. The molecule has 2 aromatic carbocycles. The van der Waals surface area contributed by atoms with Crippen LogP contribution in [-0.4, -0.2) is 37.7 Å². The van der Waals surface area contributed by atoms with Gasteiger partial charge in [-0.3, -0.25) is 9.59 Å². The van der Waals surface area contributed by atoms with Crippen molar-refractivity contribution in [2.24, 2.45) is 5.10 Å². The summed E-state index contributed by atoms with van der Waals surface area (Å²) in [5, 5.41) is 6.32. The highest BCUT2D eigenvalue weighted by atomic mass is 16.5. The first kappa shape index (κ1) is 24.7. The molecule has 35 heavy (non-hydrogen) atoms. The molecule has 0 aliphatic heterocycles. The summed E-state index contributed by atoms with van der Waals surface area (Å²) in [7, 11) is 1.55. The average molecular weight is 473 g/mol. The lowest BCUT2D eigenvalue weighted by molar-refractivity contribution is -0.129. The Morgan fingerprint density at radius 1 is 0.971 bits per heavy atom. The van der Waals surface area contributed by atoms with Crippen LogP contribution in [0.5, 0.6) is 11.5 Å². The Kier molecular flexibility index (Phi) is 9.14. The molecule has 2 amide bonds. The predicted octanol–water partition coefficient (Wildman–Crippen LogP) is 3.19. The number of para-hydroxylation sites is 1. The van der Waals surface area contributed by atoms with Crippen molar-refractivity contribution in [1.82, 2.24) is 10.7 Å². The van der Waals surface area contributed by atoms with E-state index < -0.39 is 17.8 Å². The normalized spacial score (nSPS) is 11.1. The maximum absolute atomic E-state index is 11.9. The van der Waals surface area contributed by atoms with Crippen LogP contribution in [0.15, 0.2) is 88.6 Å². The molecule has 3 rings (SSSR count). The van der Waals surface area contributed by atoms with Gasteiger partial charge in [-0.1, -0.05) is 18.2 Å². The van der Waals surface area contributed by atoms with Crippen molar-refractivity contribution in [3.05, 3.63) is 96.0 Å². The minimum atomic E-state index is -0.546. The minimum absolute atomic E-state index is 0.243. The topological polar surface area (TPSA) is 119 Å². The van der Waals surface area contributed by atoms with Gasteiger partial charge in [-0.15, -0.1) is 0 Å². The summed E-state index contributed by atoms with van der Waals surface area (Å²) in [6, 6.07) is 17.2. The number of methoxy groups -OCH3 is 1. The first-order valence-corrected chi connectivity index (χ1v) is 10.5. The van der Waals surface area contributed by atoms with Crippen molar-refractivity contribution in [1.29, 1.82) is 0 Å². The van der Waals surface area contributed by atoms with Gasteiger partial charge in [0.1, 0.15) is 17.3 Å². The molecular formula is C26H23N3O6. The van der Waals surface area contributed by atoms with Gasteiger partial charge < -0.3 is 19.2 Å². The summed E-state index contributed by atoms with van der Waals surface area (Å²) in [6.07, 6.45) is 8.61. The molecule has 0 saturated carbocycles. The third kappa shape index (κ3) is 8.50. The molecule has 1 aromatic heterocycles. The van der Waals surface area contributed by atoms with Crippen molar-refractivity contribution in [2.45, 2.75) is 0 Å². The molecule has 0 aliphatic rings. The fourth-order valence-corrected chi connectivity index (χ4v) is 2.72. The molecule has 1 heterocycles. The number of rotatable bonds is 10. The molecule has 0 spiro atoms. The second-order valence-electron chi connectivity index (χ2n) is 6.93. The summed E-state index contributed by atoms with van der Waals surface area (Å²) >= 11 is 0. The maximum atomic E-state index is 11.9. The Bertz CT molecular complexity index is 1230. The summed E-state index contributed by atoms with van der Waals surface area (Å²) < 4.78 is 15.5. The number of nitrogens with zero attached hydrogens (tertiary/aromatic N) is 1. The number of furan rings is 1. The van der Waals surface area contributed by atoms with Gasteiger partial charge in [0.2, 0.25) is 5.91 Å². The molecule has 0 radical (unpaired) electrons. The zero-order valence-corrected chi connectivity index (χ0v) is 18.8. The van der Waals surface area contributed by atoms with Crippen LogP contribution in [0.1, 0.15) is 16.9 Å². The molecule has 0 aliphatic carbocycles. The largest absolute Gasteiger partial charge is 0.496 e. The van der Waals surface area contributed by atoms with Crippen molar-refractivity contribution in [3.63, 3.8) is 0 Å². The van der Waals surface area contributed by atoms with Crippen LogP contribution in [0.4, 0.5) is 0 Å². The van der Waals surface area contributed by atoms with E-state index in [-0.39, 0.29) is 6.54 Å². The van der Waals surface area contributed by atoms with E-state index >= 15 is 0 Å². The van der Waals surface area contributed by atoms with Crippen molar-refractivity contribution in [3.8, 4) is 11.5 Å². The number of carbonyl (C=O) groups is 3. The average Bonchev–Trinajstić information content (AvgIpc) is 3.40. The molecule has 178 valence electrons. The van der Waals surface area contributed by atoms with Gasteiger partial charge in [0.15, 0.2) is 0 Å². The second kappa shape index (κ2) is 12.9. The first-order valence-electron chi connectivity index (χ1n) is 10.5. The van der Waals surface area contributed by atoms with E-state index in [0.29, 0.717) is 22.8 Å². The lowest BCUT2D eigenvalue weighted by Crippen LogP contribution is -2.34. The van der Waals surface area contributed by atoms with Gasteiger partial charge in [-0.05, 0) is 60.2 Å². The minimum Gasteiger partial charge on any atom is -0.496 e. The summed E-state index contributed by atoms with van der Waals surface area (Å²) in [6.45, 7) is -0.243. The van der Waals surface area contributed by atoms with Crippen LogP contribution in [0.2, 0.25) is 0 Å². The Labute approximate surface area is 201 Å². The van der Waals surface area contributed by atoms with E-state index in [1.807, 2.05) is 12.1 Å². The zero-order valence-electron chi connectivity index (χ0n) is 18.8. The third-order valence-electron chi connectivity index (χ3n) is 4.40. The van der Waals surface area contributed by atoms with Gasteiger partial charge in [-0.2, -0.15) is 5.10 Å². The molecular weight excluding hydrogens is 450 g/mol. The zero-order chi connectivity index (χ0) is 24.9. The number of hydrogen-bond donors (Lipinski definition) is 2. The molecule has 0 unspecified atom stereocenters. The Morgan fingerprint density at radius 2 is 1.77 bits per heavy atom. The molecule has 9 nitrogen and oxygen atoms in total. The predicted molar refractivity (Wildman–Crippen MR) is 131 cm³/mol. The van der Waals surface area contributed by atoms with Crippen LogP contribution in [0.3, 0.4) is 0 Å². The number of nitrogens with one attached hydrogen (secondary N) is 2. The molecule has 0 bridgehead atoms. The number of ether oxygens (including phenoxy) is 2. The van der Waals surface area contributed by atoms with Gasteiger partial charge in [-0.25, -0.2) is 10.2 Å². The van der Waals surface area contributed by atoms with Crippen LogP contribution in [0.25, 0.3) is 12.2 Å². The quantitative estimate of drug-likeness (QED) is 0.153. The van der Waals surface area contributed by atoms with Crippen LogP contribution in [-0.2, 0) is 14.4 Å². The Balaban J connectivity index is 1.39. The van der Waals surface area contributed by atoms with Gasteiger partial charge in [0, 0.05) is 17.7 Å². The van der Waals surface area contributed by atoms with Gasteiger partial charge >= 0.3 is 5.97 Å². The lowest BCUT2D eigenvalue weighted by Gasteiger charge is -2.04. The number of benzene rings is 2. The standard InChI is InChI=1S/C26H23N3O6/c1-33-23-7-3-2-5-20(23)10-14-24(30)27-18-25(31)29-28-17-19-8-11-22(12-9-19)35-26(32)15-13-21-6-4-16-34-21/h2-17H,18H2,1H3,(H,27,30)(H,29,31)/b14-10+,15-13+,28-17-. The number of amides is 2. The number of hydrogen-bond acceptors (Lipinski definition) is 7. The summed E-state index contributed by atoms with van der Waals surface area (Å²) in [5.41, 5.74) is 3.73. The van der Waals surface area contributed by atoms with E-state index in [4.69, 9.17) is 13.9 Å². The third-order valence-corrected chi connectivity index (χ3v) is 4.40. The van der Waals surface area contributed by atoms with Crippen LogP contribution in [0, 0.1) is 0 Å². The second-order valence-corrected chi connectivity index (χ2v) is 6.93. The fraction of sp³-hybridized carbons (Fsp3) is 0.0769. The smallest absolute Gasteiger partial charge is 0.336 e. The molecule has 2 N–H and O–H groups in total. The highest BCUT2D eigenvalue weighted by Crippen LogP contribution is 2.18. The summed E-state index contributed by atoms with van der Waals surface area (Å²) in [5.74, 6) is 0.0589. The van der Waals surface area contributed by atoms with Gasteiger partial charge in [0.25, 0.3) is 5.91 Å². The van der Waals surface area contributed by atoms with Crippen LogP contribution < -0.4 is 20.2 Å². The number of esters is 1. The Morgan fingerprint density at radius 3 is 2.51 bits per heavy atom.